The largest absolute Gasteiger partial charge is 0.388 e. The summed E-state index contributed by atoms with van der Waals surface area (Å²) < 4.78 is 0. The third-order valence-electron chi connectivity index (χ3n) is 4.78. The molecule has 1 aliphatic carbocycles. The van der Waals surface area contributed by atoms with E-state index in [4.69, 9.17) is 0 Å². The highest BCUT2D eigenvalue weighted by molar-refractivity contribution is 5.19. The highest BCUT2D eigenvalue weighted by atomic mass is 16.3. The SMILES string of the molecule is O[C@H](c1ccccc1)[C@@H]1CCCC[C@@H]1NCc1ccccc1. The lowest BCUT2D eigenvalue weighted by molar-refractivity contribution is 0.0610. The Balaban J connectivity index is 1.66. The van der Waals surface area contributed by atoms with Crippen LogP contribution in [0.5, 0.6) is 0 Å². The van der Waals surface area contributed by atoms with Gasteiger partial charge >= 0.3 is 0 Å². The first kappa shape index (κ1) is 15.3. The van der Waals surface area contributed by atoms with Crippen molar-refractivity contribution in [1.29, 1.82) is 0 Å². The molecule has 0 bridgehead atoms. The summed E-state index contributed by atoms with van der Waals surface area (Å²) in [7, 11) is 0. The van der Waals surface area contributed by atoms with Gasteiger partial charge in [0.1, 0.15) is 0 Å². The van der Waals surface area contributed by atoms with Crippen LogP contribution in [0.4, 0.5) is 0 Å². The number of aliphatic hydroxyl groups is 1. The quantitative estimate of drug-likeness (QED) is 0.871. The van der Waals surface area contributed by atoms with Crippen molar-refractivity contribution in [1.82, 2.24) is 5.32 Å². The minimum atomic E-state index is -0.366. The van der Waals surface area contributed by atoms with Crippen LogP contribution >= 0.6 is 0 Å². The van der Waals surface area contributed by atoms with Crippen molar-refractivity contribution in [3.8, 4) is 0 Å². The summed E-state index contributed by atoms with van der Waals surface area (Å²) in [5, 5.41) is 14.5. The van der Waals surface area contributed by atoms with E-state index in [1.807, 2.05) is 36.4 Å². The van der Waals surface area contributed by atoms with Gasteiger partial charge in [0.2, 0.25) is 0 Å². The lowest BCUT2D eigenvalue weighted by Gasteiger charge is -2.35. The molecule has 2 aromatic carbocycles. The summed E-state index contributed by atoms with van der Waals surface area (Å²) in [5.74, 6) is 0.305. The number of hydrogen-bond acceptors (Lipinski definition) is 2. The summed E-state index contributed by atoms with van der Waals surface area (Å²) in [6, 6.07) is 21.0. The molecule has 0 unspecified atom stereocenters. The van der Waals surface area contributed by atoms with Crippen LogP contribution in [-0.2, 0) is 6.54 Å². The lowest BCUT2D eigenvalue weighted by Crippen LogP contribution is -2.41. The Hall–Kier alpha value is -1.64. The summed E-state index contributed by atoms with van der Waals surface area (Å²) >= 11 is 0. The molecule has 0 aliphatic heterocycles. The molecule has 1 aliphatic rings. The molecule has 2 N–H and O–H groups in total. The predicted molar refractivity (Wildman–Crippen MR) is 90.4 cm³/mol. The van der Waals surface area contributed by atoms with Crippen LogP contribution in [0.3, 0.4) is 0 Å². The second-order valence-electron chi connectivity index (χ2n) is 6.28. The molecule has 2 nitrogen and oxygen atoms in total. The molecule has 3 atom stereocenters. The van der Waals surface area contributed by atoms with E-state index >= 15 is 0 Å². The lowest BCUT2D eigenvalue weighted by atomic mass is 9.79. The van der Waals surface area contributed by atoms with Crippen molar-refractivity contribution >= 4 is 0 Å². The van der Waals surface area contributed by atoms with Gasteiger partial charge in [0.25, 0.3) is 0 Å². The maximum Gasteiger partial charge on any atom is 0.0833 e. The molecule has 0 heterocycles. The number of nitrogens with one attached hydrogen (secondary N) is 1. The molecule has 2 heteroatoms. The van der Waals surface area contributed by atoms with Gasteiger partial charge in [0.15, 0.2) is 0 Å². The second-order valence-corrected chi connectivity index (χ2v) is 6.28. The minimum Gasteiger partial charge on any atom is -0.388 e. The van der Waals surface area contributed by atoms with E-state index in [0.29, 0.717) is 12.0 Å². The van der Waals surface area contributed by atoms with Gasteiger partial charge in [-0.3, -0.25) is 0 Å². The Morgan fingerprint density at radius 3 is 2.27 bits per heavy atom. The van der Waals surface area contributed by atoms with Crippen LogP contribution in [0.1, 0.15) is 42.9 Å². The molecule has 1 saturated carbocycles. The van der Waals surface area contributed by atoms with Crippen molar-refractivity contribution in [2.45, 2.75) is 44.4 Å². The molecule has 116 valence electrons. The Bertz CT molecular complexity index is 554. The highest BCUT2D eigenvalue weighted by Crippen LogP contribution is 2.34. The van der Waals surface area contributed by atoms with Gasteiger partial charge in [0, 0.05) is 18.5 Å². The number of hydrogen-bond donors (Lipinski definition) is 2. The van der Waals surface area contributed by atoms with Crippen LogP contribution in [-0.4, -0.2) is 11.1 Å². The van der Waals surface area contributed by atoms with Crippen molar-refractivity contribution in [3.63, 3.8) is 0 Å². The fourth-order valence-corrected chi connectivity index (χ4v) is 3.53. The van der Waals surface area contributed by atoms with E-state index in [1.165, 1.54) is 18.4 Å². The first-order valence-corrected chi connectivity index (χ1v) is 8.35. The van der Waals surface area contributed by atoms with Crippen LogP contribution in [0.15, 0.2) is 60.7 Å². The number of benzene rings is 2. The Kier molecular flexibility index (Phi) is 5.25. The maximum atomic E-state index is 10.8. The van der Waals surface area contributed by atoms with Gasteiger partial charge in [-0.1, -0.05) is 73.5 Å². The summed E-state index contributed by atoms with van der Waals surface area (Å²) in [4.78, 5) is 0. The molecule has 0 spiro atoms. The van der Waals surface area contributed by atoms with Crippen LogP contribution in [0.2, 0.25) is 0 Å². The Morgan fingerprint density at radius 2 is 1.55 bits per heavy atom. The second kappa shape index (κ2) is 7.57. The van der Waals surface area contributed by atoms with Gasteiger partial charge in [-0.05, 0) is 24.0 Å². The molecule has 3 rings (SSSR count). The Labute approximate surface area is 133 Å². The molecule has 2 aromatic rings. The molecular weight excluding hydrogens is 270 g/mol. The zero-order valence-electron chi connectivity index (χ0n) is 13.0. The molecule has 22 heavy (non-hydrogen) atoms. The molecule has 0 amide bonds. The fraction of sp³-hybridized carbons (Fsp3) is 0.400. The minimum absolute atomic E-state index is 0.305. The summed E-state index contributed by atoms with van der Waals surface area (Å²) in [5.41, 5.74) is 2.35. The van der Waals surface area contributed by atoms with E-state index in [2.05, 4.69) is 29.6 Å². The first-order valence-electron chi connectivity index (χ1n) is 8.35. The summed E-state index contributed by atoms with van der Waals surface area (Å²) in [6.07, 6.45) is 4.36. The van der Waals surface area contributed by atoms with E-state index in [1.54, 1.807) is 0 Å². The van der Waals surface area contributed by atoms with E-state index < -0.39 is 0 Å². The van der Waals surface area contributed by atoms with Gasteiger partial charge < -0.3 is 10.4 Å². The third-order valence-corrected chi connectivity index (χ3v) is 4.78. The first-order chi connectivity index (χ1) is 10.8. The van der Waals surface area contributed by atoms with Gasteiger partial charge in [-0.2, -0.15) is 0 Å². The van der Waals surface area contributed by atoms with E-state index in [-0.39, 0.29) is 6.10 Å². The van der Waals surface area contributed by atoms with Crippen molar-refractivity contribution < 1.29 is 5.11 Å². The number of rotatable bonds is 5. The van der Waals surface area contributed by atoms with Gasteiger partial charge in [-0.25, -0.2) is 0 Å². The third kappa shape index (κ3) is 3.76. The smallest absolute Gasteiger partial charge is 0.0833 e. The van der Waals surface area contributed by atoms with Crippen LogP contribution < -0.4 is 5.32 Å². The van der Waals surface area contributed by atoms with E-state index in [0.717, 1.165) is 24.9 Å². The van der Waals surface area contributed by atoms with Gasteiger partial charge in [-0.15, -0.1) is 0 Å². The standard InChI is InChI=1S/C20H25NO/c22-20(17-11-5-2-6-12-17)18-13-7-8-14-19(18)21-15-16-9-3-1-4-10-16/h1-6,9-12,18-22H,7-8,13-15H2/t18-,19+,20-/m1/s1. The van der Waals surface area contributed by atoms with E-state index in [9.17, 15) is 5.11 Å². The topological polar surface area (TPSA) is 32.3 Å². The average Bonchev–Trinajstić information content (AvgIpc) is 2.61. The average molecular weight is 295 g/mol. The fourth-order valence-electron chi connectivity index (χ4n) is 3.53. The Morgan fingerprint density at radius 1 is 0.909 bits per heavy atom. The molecule has 0 radical (unpaired) electrons. The molecule has 1 fully saturated rings. The maximum absolute atomic E-state index is 10.8. The van der Waals surface area contributed by atoms with Crippen molar-refractivity contribution in [3.05, 3.63) is 71.8 Å². The monoisotopic (exact) mass is 295 g/mol. The summed E-state index contributed by atoms with van der Waals surface area (Å²) in [6.45, 7) is 0.878. The normalized spacial score (nSPS) is 23.1. The van der Waals surface area contributed by atoms with Crippen LogP contribution in [0, 0.1) is 5.92 Å². The predicted octanol–water partition coefficient (Wildman–Crippen LogP) is 4.07. The highest BCUT2D eigenvalue weighted by Gasteiger charge is 2.31. The van der Waals surface area contributed by atoms with Gasteiger partial charge in [0.05, 0.1) is 6.10 Å². The molecular formula is C20H25NO. The zero-order valence-corrected chi connectivity index (χ0v) is 13.0. The molecule has 0 aromatic heterocycles. The zero-order chi connectivity index (χ0) is 15.2. The van der Waals surface area contributed by atoms with Crippen molar-refractivity contribution in [2.75, 3.05) is 0 Å². The number of aliphatic hydroxyl groups excluding tert-OH is 1. The van der Waals surface area contributed by atoms with Crippen LogP contribution in [0.25, 0.3) is 0 Å². The molecule has 0 saturated heterocycles. The van der Waals surface area contributed by atoms with Crippen molar-refractivity contribution in [2.24, 2.45) is 5.92 Å².